The SMILES string of the molecule is COc1cc(C)c(S(=O)(=O)N(C)CCOCC(=O)N2CCn3cccc3C2c2ccc(Cl)nc2)c(C)c1. The zero-order valence-corrected chi connectivity index (χ0v) is 22.9. The zero-order valence-electron chi connectivity index (χ0n) is 21.3. The Morgan fingerprint density at radius 1 is 1.19 bits per heavy atom. The summed E-state index contributed by atoms with van der Waals surface area (Å²) in [6.07, 6.45) is 3.67. The molecule has 1 aliphatic heterocycles. The number of aryl methyl sites for hydroxylation is 2. The summed E-state index contributed by atoms with van der Waals surface area (Å²) in [5.41, 5.74) is 3.06. The average molecular weight is 547 g/mol. The summed E-state index contributed by atoms with van der Waals surface area (Å²) in [6.45, 7) is 4.70. The Hall–Kier alpha value is -2.92. The van der Waals surface area contributed by atoms with E-state index < -0.39 is 10.0 Å². The predicted octanol–water partition coefficient (Wildman–Crippen LogP) is 3.43. The van der Waals surface area contributed by atoms with Gasteiger partial charge in [-0.15, -0.1) is 0 Å². The van der Waals surface area contributed by atoms with Gasteiger partial charge in [0.1, 0.15) is 17.5 Å². The zero-order chi connectivity index (χ0) is 26.7. The molecule has 198 valence electrons. The van der Waals surface area contributed by atoms with Gasteiger partial charge in [-0.25, -0.2) is 13.4 Å². The maximum atomic E-state index is 13.2. The molecule has 0 bridgehead atoms. The van der Waals surface area contributed by atoms with Crippen molar-refractivity contribution in [3.63, 3.8) is 0 Å². The van der Waals surface area contributed by atoms with Gasteiger partial charge in [-0.1, -0.05) is 17.7 Å². The molecule has 0 fully saturated rings. The number of rotatable bonds is 9. The third kappa shape index (κ3) is 5.67. The Balaban J connectivity index is 1.39. The molecular formula is C26H31ClN4O5S. The first-order valence-electron chi connectivity index (χ1n) is 11.9. The van der Waals surface area contributed by atoms with Crippen molar-refractivity contribution in [2.45, 2.75) is 31.3 Å². The van der Waals surface area contributed by atoms with Crippen molar-refractivity contribution in [2.24, 2.45) is 0 Å². The van der Waals surface area contributed by atoms with Crippen molar-refractivity contribution in [3.05, 3.63) is 76.3 Å². The molecule has 4 rings (SSSR count). The largest absolute Gasteiger partial charge is 0.497 e. The topological polar surface area (TPSA) is 94.0 Å². The van der Waals surface area contributed by atoms with E-state index in [0.717, 1.165) is 11.3 Å². The summed E-state index contributed by atoms with van der Waals surface area (Å²) in [7, 11) is -0.689. The third-order valence-electron chi connectivity index (χ3n) is 6.54. The van der Waals surface area contributed by atoms with Gasteiger partial charge < -0.3 is 18.9 Å². The van der Waals surface area contributed by atoms with Crippen molar-refractivity contribution in [3.8, 4) is 5.75 Å². The molecule has 3 heterocycles. The Labute approximate surface area is 222 Å². The van der Waals surface area contributed by atoms with Crippen molar-refractivity contribution in [1.29, 1.82) is 0 Å². The average Bonchev–Trinajstić information content (AvgIpc) is 3.34. The standard InChI is InChI=1S/C26H31ClN4O5S/c1-18-14-21(35-4)15-19(2)26(18)37(33,34)29(3)12-13-36-17-24(32)31-11-10-30-9-5-6-22(30)25(31)20-7-8-23(27)28-16-20/h5-9,14-16,25H,10-13,17H2,1-4H3. The number of halogens is 1. The number of ether oxygens (including phenoxy) is 2. The van der Waals surface area contributed by atoms with Crippen LogP contribution in [-0.4, -0.2) is 73.5 Å². The number of pyridine rings is 1. The molecule has 2 aromatic heterocycles. The van der Waals surface area contributed by atoms with Gasteiger partial charge in [-0.05, 0) is 60.9 Å². The highest BCUT2D eigenvalue weighted by molar-refractivity contribution is 7.89. The van der Waals surface area contributed by atoms with Crippen LogP contribution in [0.5, 0.6) is 5.75 Å². The van der Waals surface area contributed by atoms with E-state index in [-0.39, 0.29) is 36.6 Å². The van der Waals surface area contributed by atoms with E-state index in [1.807, 2.05) is 24.4 Å². The van der Waals surface area contributed by atoms with E-state index in [1.54, 1.807) is 50.3 Å². The predicted molar refractivity (Wildman–Crippen MR) is 140 cm³/mol. The second kappa shape index (κ2) is 11.2. The number of amides is 1. The Bertz CT molecular complexity index is 1350. The van der Waals surface area contributed by atoms with E-state index in [4.69, 9.17) is 21.1 Å². The van der Waals surface area contributed by atoms with Gasteiger partial charge in [0.05, 0.1) is 24.7 Å². The van der Waals surface area contributed by atoms with Crippen LogP contribution in [0.4, 0.5) is 0 Å². The van der Waals surface area contributed by atoms with Gasteiger partial charge in [0.15, 0.2) is 0 Å². The summed E-state index contributed by atoms with van der Waals surface area (Å²) < 4.78 is 40.7. The number of sulfonamides is 1. The first-order valence-corrected chi connectivity index (χ1v) is 13.7. The molecule has 0 aliphatic carbocycles. The number of hydrogen-bond acceptors (Lipinski definition) is 6. The van der Waals surface area contributed by atoms with Crippen LogP contribution in [0, 0.1) is 13.8 Å². The molecule has 37 heavy (non-hydrogen) atoms. The van der Waals surface area contributed by atoms with Crippen molar-refractivity contribution >= 4 is 27.5 Å². The van der Waals surface area contributed by atoms with Gasteiger partial charge in [0.25, 0.3) is 0 Å². The molecule has 11 heteroatoms. The molecule has 0 radical (unpaired) electrons. The molecular weight excluding hydrogens is 516 g/mol. The Morgan fingerprint density at radius 3 is 2.57 bits per heavy atom. The first-order chi connectivity index (χ1) is 17.6. The summed E-state index contributed by atoms with van der Waals surface area (Å²) in [4.78, 5) is 19.4. The third-order valence-corrected chi connectivity index (χ3v) is 8.93. The highest BCUT2D eigenvalue weighted by Gasteiger charge is 2.32. The maximum Gasteiger partial charge on any atom is 0.249 e. The van der Waals surface area contributed by atoms with E-state index in [2.05, 4.69) is 9.55 Å². The van der Waals surface area contributed by atoms with Crippen LogP contribution in [0.15, 0.2) is 53.7 Å². The monoisotopic (exact) mass is 546 g/mol. The maximum absolute atomic E-state index is 13.2. The molecule has 0 saturated carbocycles. The van der Waals surface area contributed by atoms with E-state index in [1.165, 1.54) is 11.4 Å². The fraction of sp³-hybridized carbons (Fsp3) is 0.385. The minimum Gasteiger partial charge on any atom is -0.497 e. The second-order valence-electron chi connectivity index (χ2n) is 9.00. The van der Waals surface area contributed by atoms with Gasteiger partial charge >= 0.3 is 0 Å². The number of likely N-dealkylation sites (N-methyl/N-ethyl adjacent to an activating group) is 1. The number of carbonyl (C=O) groups excluding carboxylic acids is 1. The summed E-state index contributed by atoms with van der Waals surface area (Å²) >= 11 is 5.97. The quantitative estimate of drug-likeness (QED) is 0.301. The number of nitrogens with zero attached hydrogens (tertiary/aromatic N) is 4. The molecule has 0 saturated heterocycles. The lowest BCUT2D eigenvalue weighted by atomic mass is 10.0. The molecule has 1 atom stereocenters. The van der Waals surface area contributed by atoms with Gasteiger partial charge in [0.2, 0.25) is 15.9 Å². The lowest BCUT2D eigenvalue weighted by Gasteiger charge is -2.37. The van der Waals surface area contributed by atoms with Crippen molar-refractivity contribution in [2.75, 3.05) is 40.5 Å². The Kier molecular flexibility index (Phi) is 8.23. The van der Waals surface area contributed by atoms with Crippen molar-refractivity contribution < 1.29 is 22.7 Å². The minimum atomic E-state index is -3.74. The fourth-order valence-corrected chi connectivity index (χ4v) is 6.37. The fourth-order valence-electron chi connectivity index (χ4n) is 4.70. The van der Waals surface area contributed by atoms with Gasteiger partial charge in [0, 0.05) is 44.8 Å². The van der Waals surface area contributed by atoms with Crippen LogP contribution in [0.3, 0.4) is 0 Å². The number of benzene rings is 1. The lowest BCUT2D eigenvalue weighted by molar-refractivity contribution is -0.138. The minimum absolute atomic E-state index is 0.0765. The van der Waals surface area contributed by atoms with Crippen molar-refractivity contribution in [1.82, 2.24) is 18.8 Å². The van der Waals surface area contributed by atoms with Gasteiger partial charge in [-0.2, -0.15) is 4.31 Å². The molecule has 1 unspecified atom stereocenters. The molecule has 0 N–H and O–H groups in total. The van der Waals surface area contributed by atoms with Gasteiger partial charge in [-0.3, -0.25) is 4.79 Å². The molecule has 1 aliphatic rings. The second-order valence-corrected chi connectivity index (χ2v) is 11.4. The van der Waals surface area contributed by atoms with E-state index >= 15 is 0 Å². The molecule has 1 amide bonds. The molecule has 1 aromatic carbocycles. The van der Waals surface area contributed by atoms with Crippen LogP contribution in [-0.2, 0) is 26.1 Å². The smallest absolute Gasteiger partial charge is 0.249 e. The van der Waals surface area contributed by atoms with Crippen LogP contribution in [0.25, 0.3) is 0 Å². The number of hydrogen-bond donors (Lipinski definition) is 0. The number of carbonyl (C=O) groups is 1. The molecule has 9 nitrogen and oxygen atoms in total. The van der Waals surface area contributed by atoms with Crippen LogP contribution < -0.4 is 4.74 Å². The number of methoxy groups -OCH3 is 1. The van der Waals surface area contributed by atoms with Crippen LogP contribution in [0.1, 0.15) is 28.4 Å². The highest BCUT2D eigenvalue weighted by atomic mass is 35.5. The lowest BCUT2D eigenvalue weighted by Crippen LogP contribution is -2.44. The molecule has 3 aromatic rings. The molecule has 0 spiro atoms. The summed E-state index contributed by atoms with van der Waals surface area (Å²) in [6, 6.07) is 10.6. The summed E-state index contributed by atoms with van der Waals surface area (Å²) in [5, 5.41) is 0.384. The van der Waals surface area contributed by atoms with Crippen LogP contribution in [0.2, 0.25) is 5.15 Å². The van der Waals surface area contributed by atoms with E-state index in [9.17, 15) is 13.2 Å². The van der Waals surface area contributed by atoms with Crippen LogP contribution >= 0.6 is 11.6 Å². The summed E-state index contributed by atoms with van der Waals surface area (Å²) in [5.74, 6) is 0.427. The Morgan fingerprint density at radius 2 is 1.92 bits per heavy atom. The first kappa shape index (κ1) is 27.1. The number of fused-ring (bicyclic) bond motifs is 1. The number of aromatic nitrogens is 2. The normalized spacial score (nSPS) is 15.6. The highest BCUT2D eigenvalue weighted by Crippen LogP contribution is 2.32. The van der Waals surface area contributed by atoms with E-state index in [0.29, 0.717) is 35.1 Å².